The van der Waals surface area contributed by atoms with E-state index in [0.717, 1.165) is 31.8 Å². The van der Waals surface area contributed by atoms with Gasteiger partial charge in [0.15, 0.2) is 0 Å². The Morgan fingerprint density at radius 3 is 3.33 bits per heavy atom. The number of aromatic nitrogens is 3. The first-order valence-corrected chi connectivity index (χ1v) is 9.45. The molecule has 0 radical (unpaired) electrons. The molecule has 4 rings (SSSR count). The number of rotatable bonds is 4. The molecule has 2 aliphatic heterocycles. The molecule has 0 fully saturated rings. The van der Waals surface area contributed by atoms with Crippen molar-refractivity contribution in [2.24, 2.45) is 0 Å². The number of thiophene rings is 1. The number of nitrogens with zero attached hydrogens (tertiary/aromatic N) is 3. The number of thioether (sulfide) groups is 1. The second-order valence-corrected chi connectivity index (χ2v) is 8.50. The van der Waals surface area contributed by atoms with Gasteiger partial charge in [0.1, 0.15) is 11.6 Å². The minimum absolute atomic E-state index is 0.503. The van der Waals surface area contributed by atoms with Crippen LogP contribution in [0.4, 0.5) is 0 Å². The van der Waals surface area contributed by atoms with E-state index < -0.39 is 0 Å². The molecule has 6 heteroatoms. The zero-order chi connectivity index (χ0) is 14.2. The molecule has 2 aromatic heterocycles. The van der Waals surface area contributed by atoms with Gasteiger partial charge in [-0.05, 0) is 29.9 Å². The summed E-state index contributed by atoms with van der Waals surface area (Å²) in [6, 6.07) is 2.79. The molecule has 1 N–H and O–H groups in total. The lowest BCUT2D eigenvalue weighted by Gasteiger charge is -2.27. The molecule has 0 aliphatic carbocycles. The van der Waals surface area contributed by atoms with Crippen molar-refractivity contribution in [3.8, 4) is 0 Å². The van der Waals surface area contributed by atoms with E-state index in [1.54, 1.807) is 0 Å². The van der Waals surface area contributed by atoms with Gasteiger partial charge in [0.25, 0.3) is 0 Å². The summed E-state index contributed by atoms with van der Waals surface area (Å²) in [5.74, 6) is 2.33. The number of hydrogen-bond acceptors (Lipinski definition) is 5. The Hall–Kier alpha value is -0.850. The first-order chi connectivity index (χ1) is 10.3. The highest BCUT2D eigenvalue weighted by molar-refractivity contribution is 8.01. The molecule has 2 aromatic rings. The Balaban J connectivity index is 1.39. The van der Waals surface area contributed by atoms with E-state index in [1.807, 2.05) is 23.1 Å². The van der Waals surface area contributed by atoms with Crippen LogP contribution in [0.5, 0.6) is 0 Å². The quantitative estimate of drug-likeness (QED) is 0.940. The highest BCUT2D eigenvalue weighted by Crippen LogP contribution is 2.43. The maximum absolute atomic E-state index is 4.34. The molecular weight excluding hydrogens is 300 g/mol. The molecule has 4 nitrogen and oxygen atoms in total. The van der Waals surface area contributed by atoms with Crippen LogP contribution < -0.4 is 5.32 Å². The lowest BCUT2D eigenvalue weighted by molar-refractivity contribution is 0.485. The summed E-state index contributed by atoms with van der Waals surface area (Å²) >= 11 is 3.90. The molecule has 0 aromatic carbocycles. The third-order valence-electron chi connectivity index (χ3n) is 4.34. The van der Waals surface area contributed by atoms with Crippen LogP contribution in [0.1, 0.15) is 43.0 Å². The van der Waals surface area contributed by atoms with E-state index >= 15 is 0 Å². The number of fused-ring (bicyclic) bond motifs is 2. The van der Waals surface area contributed by atoms with Gasteiger partial charge >= 0.3 is 0 Å². The van der Waals surface area contributed by atoms with Crippen LogP contribution in [0.3, 0.4) is 0 Å². The summed E-state index contributed by atoms with van der Waals surface area (Å²) < 4.78 is 3.80. The molecule has 4 heterocycles. The normalized spacial score (nSPS) is 24.0. The van der Waals surface area contributed by atoms with Crippen molar-refractivity contribution >= 4 is 23.1 Å². The van der Waals surface area contributed by atoms with Crippen molar-refractivity contribution < 1.29 is 0 Å². The summed E-state index contributed by atoms with van der Waals surface area (Å²) in [4.78, 5) is 0. The molecule has 0 saturated heterocycles. The minimum Gasteiger partial charge on any atom is -0.315 e. The highest BCUT2D eigenvalue weighted by Gasteiger charge is 2.26. The highest BCUT2D eigenvalue weighted by atomic mass is 32.2. The standard InChI is InChI=1S/C15H20N4S2/c1-10-9-12(11-5-8-20-15(11)21-10)16-6-4-14-18-17-13-3-2-7-19(13)14/h5,8,10,12,16H,2-4,6-7,9H2,1H3/t10-,12-/m0/s1. The van der Waals surface area contributed by atoms with Crippen molar-refractivity contribution in [3.05, 3.63) is 28.7 Å². The molecule has 112 valence electrons. The zero-order valence-electron chi connectivity index (χ0n) is 12.2. The molecule has 21 heavy (non-hydrogen) atoms. The van der Waals surface area contributed by atoms with E-state index in [4.69, 9.17) is 0 Å². The third kappa shape index (κ3) is 2.64. The van der Waals surface area contributed by atoms with Gasteiger partial charge in [-0.1, -0.05) is 6.92 Å². The lowest BCUT2D eigenvalue weighted by Crippen LogP contribution is -2.28. The van der Waals surface area contributed by atoms with Crippen LogP contribution in [-0.2, 0) is 19.4 Å². The van der Waals surface area contributed by atoms with Gasteiger partial charge in [0, 0.05) is 37.2 Å². The third-order valence-corrected chi connectivity index (χ3v) is 6.68. The van der Waals surface area contributed by atoms with Crippen LogP contribution in [0.2, 0.25) is 0 Å². The maximum atomic E-state index is 4.34. The molecule has 0 amide bonds. The largest absolute Gasteiger partial charge is 0.315 e. The average Bonchev–Trinajstić information content (AvgIpc) is 3.14. The summed E-state index contributed by atoms with van der Waals surface area (Å²) in [6.45, 7) is 4.41. The lowest BCUT2D eigenvalue weighted by atomic mass is 10.0. The van der Waals surface area contributed by atoms with Crippen LogP contribution in [-0.4, -0.2) is 26.6 Å². The van der Waals surface area contributed by atoms with E-state index in [2.05, 4.69) is 38.5 Å². The Labute approximate surface area is 133 Å². The molecule has 0 saturated carbocycles. The topological polar surface area (TPSA) is 42.7 Å². The van der Waals surface area contributed by atoms with Gasteiger partial charge in [-0.3, -0.25) is 0 Å². The molecule has 2 aliphatic rings. The van der Waals surface area contributed by atoms with Crippen LogP contribution in [0.25, 0.3) is 0 Å². The number of nitrogens with one attached hydrogen (secondary N) is 1. The fourth-order valence-electron chi connectivity index (χ4n) is 3.30. The van der Waals surface area contributed by atoms with Gasteiger partial charge in [-0.2, -0.15) is 0 Å². The monoisotopic (exact) mass is 320 g/mol. The number of hydrogen-bond donors (Lipinski definition) is 1. The van der Waals surface area contributed by atoms with E-state index in [0.29, 0.717) is 11.3 Å². The zero-order valence-corrected chi connectivity index (χ0v) is 13.8. The molecule has 0 spiro atoms. The van der Waals surface area contributed by atoms with Gasteiger partial charge in [-0.15, -0.1) is 33.3 Å². The average molecular weight is 320 g/mol. The maximum Gasteiger partial charge on any atom is 0.134 e. The fraction of sp³-hybridized carbons (Fsp3) is 0.600. The van der Waals surface area contributed by atoms with Crippen molar-refractivity contribution in [3.63, 3.8) is 0 Å². The van der Waals surface area contributed by atoms with E-state index in [1.165, 1.54) is 28.4 Å². The minimum atomic E-state index is 0.503. The summed E-state index contributed by atoms with van der Waals surface area (Å²) in [7, 11) is 0. The van der Waals surface area contributed by atoms with Crippen molar-refractivity contribution in [1.82, 2.24) is 20.1 Å². The summed E-state index contributed by atoms with van der Waals surface area (Å²) in [5, 5.41) is 15.3. The van der Waals surface area contributed by atoms with Crippen molar-refractivity contribution in [2.75, 3.05) is 6.54 Å². The summed E-state index contributed by atoms with van der Waals surface area (Å²) in [5.41, 5.74) is 1.49. The van der Waals surface area contributed by atoms with Crippen molar-refractivity contribution in [1.29, 1.82) is 0 Å². The van der Waals surface area contributed by atoms with E-state index in [-0.39, 0.29) is 0 Å². The predicted octanol–water partition coefficient (Wildman–Crippen LogP) is 3.04. The molecular formula is C15H20N4S2. The Bertz CT molecular complexity index is 633. The SMILES string of the molecule is C[C@H]1C[C@H](NCCc2nnc3n2CCC3)c2ccsc2S1. The predicted molar refractivity (Wildman–Crippen MR) is 87.0 cm³/mol. The Morgan fingerprint density at radius 2 is 2.38 bits per heavy atom. The fourth-order valence-corrected chi connectivity index (χ4v) is 5.86. The molecule has 0 unspecified atom stereocenters. The van der Waals surface area contributed by atoms with Gasteiger partial charge in [0.05, 0.1) is 4.21 Å². The Morgan fingerprint density at radius 1 is 1.43 bits per heavy atom. The van der Waals surface area contributed by atoms with Crippen LogP contribution in [0, 0.1) is 0 Å². The Kier molecular flexibility index (Phi) is 3.77. The molecule has 0 bridgehead atoms. The first kappa shape index (κ1) is 13.8. The smallest absolute Gasteiger partial charge is 0.134 e. The van der Waals surface area contributed by atoms with E-state index in [9.17, 15) is 0 Å². The number of aryl methyl sites for hydroxylation is 1. The van der Waals surface area contributed by atoms with Crippen molar-refractivity contribution in [2.45, 2.75) is 54.7 Å². The molecule has 2 atom stereocenters. The van der Waals surface area contributed by atoms with Crippen LogP contribution >= 0.6 is 23.1 Å². The van der Waals surface area contributed by atoms with Crippen LogP contribution in [0.15, 0.2) is 15.7 Å². The summed E-state index contributed by atoms with van der Waals surface area (Å²) in [6.07, 6.45) is 4.51. The van der Waals surface area contributed by atoms with Gasteiger partial charge in [-0.25, -0.2) is 0 Å². The first-order valence-electron chi connectivity index (χ1n) is 7.69. The van der Waals surface area contributed by atoms with Gasteiger partial charge < -0.3 is 9.88 Å². The second kappa shape index (κ2) is 5.74. The van der Waals surface area contributed by atoms with Gasteiger partial charge in [0.2, 0.25) is 0 Å². The second-order valence-electron chi connectivity index (χ2n) is 5.87.